The second-order valence-electron chi connectivity index (χ2n) is 4.95. The Labute approximate surface area is 111 Å². The number of hydrogen-bond donors (Lipinski definition) is 1. The quantitative estimate of drug-likeness (QED) is 0.915. The highest BCUT2D eigenvalue weighted by Crippen LogP contribution is 2.17. The van der Waals surface area contributed by atoms with E-state index in [1.165, 1.54) is 0 Å². The van der Waals surface area contributed by atoms with Crippen LogP contribution >= 0.6 is 0 Å². The Hall–Kier alpha value is -2.35. The Morgan fingerprint density at radius 2 is 2.26 bits per heavy atom. The molecule has 2 rings (SSSR count). The number of aromatic nitrogens is 1. The highest BCUT2D eigenvalue weighted by molar-refractivity contribution is 5.84. The number of oxazole rings is 1. The number of benzene rings is 1. The number of rotatable bonds is 3. The third kappa shape index (κ3) is 2.74. The number of nitrogens with one attached hydrogen (secondary N) is 1. The van der Waals surface area contributed by atoms with Crippen LogP contribution < -0.4 is 5.32 Å². The van der Waals surface area contributed by atoms with Gasteiger partial charge in [0.2, 0.25) is 5.91 Å². The molecule has 1 aromatic heterocycles. The number of fused-ring (bicyclic) bond motifs is 1. The van der Waals surface area contributed by atoms with E-state index in [4.69, 9.17) is 9.68 Å². The Kier molecular flexibility index (Phi) is 3.26. The normalized spacial score (nSPS) is 11.3. The molecule has 19 heavy (non-hydrogen) atoms. The molecule has 0 fully saturated rings. The third-order valence-corrected chi connectivity index (χ3v) is 2.86. The van der Waals surface area contributed by atoms with E-state index in [0.717, 1.165) is 16.7 Å². The predicted molar refractivity (Wildman–Crippen MR) is 70.0 cm³/mol. The van der Waals surface area contributed by atoms with E-state index in [1.54, 1.807) is 20.8 Å². The third-order valence-electron chi connectivity index (χ3n) is 2.86. The van der Waals surface area contributed by atoms with E-state index in [-0.39, 0.29) is 5.91 Å². The molecular weight excluding hydrogens is 242 g/mol. The van der Waals surface area contributed by atoms with Crippen LogP contribution in [0.1, 0.15) is 25.3 Å². The standard InChI is InChI=1S/C14H15N3O2/c1-9-17-11-6-10(4-5-12(11)19-9)7-16-13(18)14(2,3)8-15/h4-6H,7H2,1-3H3,(H,16,18). The van der Waals surface area contributed by atoms with Gasteiger partial charge in [-0.2, -0.15) is 5.26 Å². The van der Waals surface area contributed by atoms with Gasteiger partial charge < -0.3 is 9.73 Å². The summed E-state index contributed by atoms with van der Waals surface area (Å²) in [4.78, 5) is 16.0. The lowest BCUT2D eigenvalue weighted by Crippen LogP contribution is -2.35. The van der Waals surface area contributed by atoms with Crippen molar-refractivity contribution < 1.29 is 9.21 Å². The molecule has 0 aliphatic carbocycles. The number of nitrogens with zero attached hydrogens (tertiary/aromatic N) is 2. The molecule has 0 saturated carbocycles. The lowest BCUT2D eigenvalue weighted by atomic mass is 9.95. The van der Waals surface area contributed by atoms with Crippen LogP contribution in [0.5, 0.6) is 0 Å². The lowest BCUT2D eigenvalue weighted by Gasteiger charge is -2.14. The van der Waals surface area contributed by atoms with Crippen molar-refractivity contribution in [2.45, 2.75) is 27.3 Å². The molecule has 0 atom stereocenters. The fourth-order valence-corrected chi connectivity index (χ4v) is 1.65. The van der Waals surface area contributed by atoms with Crippen molar-refractivity contribution in [2.24, 2.45) is 5.41 Å². The van der Waals surface area contributed by atoms with E-state index in [0.29, 0.717) is 12.4 Å². The van der Waals surface area contributed by atoms with Gasteiger partial charge in [0.05, 0.1) is 6.07 Å². The average Bonchev–Trinajstić information content (AvgIpc) is 2.74. The van der Waals surface area contributed by atoms with Crippen LogP contribution in [-0.4, -0.2) is 10.9 Å². The van der Waals surface area contributed by atoms with Crippen LogP contribution in [0.3, 0.4) is 0 Å². The second-order valence-corrected chi connectivity index (χ2v) is 4.95. The minimum absolute atomic E-state index is 0.286. The van der Waals surface area contributed by atoms with Crippen molar-refractivity contribution in [3.63, 3.8) is 0 Å². The molecule has 0 spiro atoms. The Balaban J connectivity index is 2.10. The van der Waals surface area contributed by atoms with Gasteiger partial charge >= 0.3 is 0 Å². The fraction of sp³-hybridized carbons (Fsp3) is 0.357. The van der Waals surface area contributed by atoms with Crippen molar-refractivity contribution in [2.75, 3.05) is 0 Å². The number of carbonyl (C=O) groups excluding carboxylic acids is 1. The number of aryl methyl sites for hydroxylation is 1. The first-order valence-corrected chi connectivity index (χ1v) is 5.98. The first-order chi connectivity index (χ1) is 8.92. The molecule has 0 aliphatic rings. The highest BCUT2D eigenvalue weighted by atomic mass is 16.3. The summed E-state index contributed by atoms with van der Waals surface area (Å²) < 4.78 is 5.38. The van der Waals surface area contributed by atoms with Gasteiger partial charge in [0.25, 0.3) is 0 Å². The van der Waals surface area contributed by atoms with Crippen molar-refractivity contribution in [1.29, 1.82) is 5.26 Å². The Bertz CT molecular complexity index is 665. The zero-order valence-electron chi connectivity index (χ0n) is 11.2. The molecule has 0 unspecified atom stereocenters. The van der Waals surface area contributed by atoms with Gasteiger partial charge in [-0.15, -0.1) is 0 Å². The summed E-state index contributed by atoms with van der Waals surface area (Å²) in [6.07, 6.45) is 0. The topological polar surface area (TPSA) is 78.9 Å². The first-order valence-electron chi connectivity index (χ1n) is 5.98. The molecule has 98 valence electrons. The lowest BCUT2D eigenvalue weighted by molar-refractivity contribution is -0.126. The van der Waals surface area contributed by atoms with Gasteiger partial charge in [-0.1, -0.05) is 6.07 Å². The van der Waals surface area contributed by atoms with Crippen LogP contribution in [-0.2, 0) is 11.3 Å². The van der Waals surface area contributed by atoms with Gasteiger partial charge in [-0.25, -0.2) is 4.98 Å². The van der Waals surface area contributed by atoms with Gasteiger partial charge in [0.15, 0.2) is 11.5 Å². The predicted octanol–water partition coefficient (Wildman–Crippen LogP) is 2.30. The molecular formula is C14H15N3O2. The minimum atomic E-state index is -1.02. The summed E-state index contributed by atoms with van der Waals surface area (Å²) >= 11 is 0. The van der Waals surface area contributed by atoms with E-state index in [1.807, 2.05) is 24.3 Å². The highest BCUT2D eigenvalue weighted by Gasteiger charge is 2.26. The van der Waals surface area contributed by atoms with Crippen molar-refractivity contribution >= 4 is 17.0 Å². The van der Waals surface area contributed by atoms with Crippen LogP contribution in [0.15, 0.2) is 22.6 Å². The van der Waals surface area contributed by atoms with E-state index in [2.05, 4.69) is 10.3 Å². The number of nitriles is 1. The fourth-order valence-electron chi connectivity index (χ4n) is 1.65. The molecule has 1 amide bonds. The van der Waals surface area contributed by atoms with Crippen LogP contribution in [0.25, 0.3) is 11.1 Å². The maximum atomic E-state index is 11.8. The van der Waals surface area contributed by atoms with Gasteiger partial charge in [0, 0.05) is 13.5 Å². The molecule has 0 saturated heterocycles. The van der Waals surface area contributed by atoms with Gasteiger partial charge in [-0.05, 0) is 31.5 Å². The molecule has 5 nitrogen and oxygen atoms in total. The monoisotopic (exact) mass is 257 g/mol. The van der Waals surface area contributed by atoms with Crippen LogP contribution in [0.4, 0.5) is 0 Å². The molecule has 1 heterocycles. The molecule has 5 heteroatoms. The number of hydrogen-bond acceptors (Lipinski definition) is 4. The molecule has 0 aliphatic heterocycles. The molecule has 0 radical (unpaired) electrons. The number of carbonyl (C=O) groups is 1. The van der Waals surface area contributed by atoms with Crippen molar-refractivity contribution in [3.8, 4) is 6.07 Å². The molecule has 1 N–H and O–H groups in total. The largest absolute Gasteiger partial charge is 0.441 e. The summed E-state index contributed by atoms with van der Waals surface area (Å²) in [6, 6.07) is 7.53. The summed E-state index contributed by atoms with van der Waals surface area (Å²) in [7, 11) is 0. The van der Waals surface area contributed by atoms with Crippen LogP contribution in [0.2, 0.25) is 0 Å². The summed E-state index contributed by atoms with van der Waals surface area (Å²) in [5, 5.41) is 11.6. The second kappa shape index (κ2) is 4.73. The maximum absolute atomic E-state index is 11.8. The van der Waals surface area contributed by atoms with Gasteiger partial charge in [0.1, 0.15) is 10.9 Å². The molecule has 2 aromatic rings. The smallest absolute Gasteiger partial charge is 0.240 e. The van der Waals surface area contributed by atoms with Gasteiger partial charge in [-0.3, -0.25) is 4.79 Å². The summed E-state index contributed by atoms with van der Waals surface area (Å²) in [6.45, 7) is 5.34. The Morgan fingerprint density at radius 1 is 1.53 bits per heavy atom. The van der Waals surface area contributed by atoms with E-state index < -0.39 is 5.41 Å². The van der Waals surface area contributed by atoms with Crippen LogP contribution in [0, 0.1) is 23.7 Å². The summed E-state index contributed by atoms with van der Waals surface area (Å²) in [5.74, 6) is 0.327. The van der Waals surface area contributed by atoms with Crippen molar-refractivity contribution in [1.82, 2.24) is 10.3 Å². The molecule has 1 aromatic carbocycles. The van der Waals surface area contributed by atoms with E-state index in [9.17, 15) is 4.79 Å². The summed E-state index contributed by atoms with van der Waals surface area (Å²) in [5.41, 5.74) is 1.39. The SMILES string of the molecule is Cc1nc2cc(CNC(=O)C(C)(C)C#N)ccc2o1. The van der Waals surface area contributed by atoms with Crippen molar-refractivity contribution in [3.05, 3.63) is 29.7 Å². The zero-order valence-corrected chi connectivity index (χ0v) is 11.2. The maximum Gasteiger partial charge on any atom is 0.240 e. The Morgan fingerprint density at radius 3 is 2.95 bits per heavy atom. The molecule has 0 bridgehead atoms. The minimum Gasteiger partial charge on any atom is -0.441 e. The first kappa shape index (κ1) is 13.1. The average molecular weight is 257 g/mol. The number of amides is 1. The van der Waals surface area contributed by atoms with E-state index >= 15 is 0 Å². The zero-order chi connectivity index (χ0) is 14.0.